The molecule has 0 aliphatic rings. The number of aromatic nitrogens is 6. The van der Waals surface area contributed by atoms with E-state index in [0.717, 1.165) is 61.9 Å². The van der Waals surface area contributed by atoms with Crippen molar-refractivity contribution in [2.75, 3.05) is 13.1 Å². The van der Waals surface area contributed by atoms with Crippen molar-refractivity contribution in [3.05, 3.63) is 83.4 Å². The van der Waals surface area contributed by atoms with Gasteiger partial charge in [-0.05, 0) is 74.2 Å². The summed E-state index contributed by atoms with van der Waals surface area (Å²) in [5, 5.41) is 21.9. The molecule has 4 N–H and O–H groups in total. The van der Waals surface area contributed by atoms with Gasteiger partial charge in [0, 0.05) is 24.2 Å². The highest BCUT2D eigenvalue weighted by atomic mass is 16.5. The molecule has 0 atom stereocenters. The predicted molar refractivity (Wildman–Crippen MR) is 199 cm³/mol. The molecule has 0 unspecified atom stereocenters. The lowest BCUT2D eigenvalue weighted by molar-refractivity contribution is -0.671. The van der Waals surface area contributed by atoms with Crippen LogP contribution < -0.4 is 20.1 Å². The van der Waals surface area contributed by atoms with Crippen molar-refractivity contribution in [1.29, 1.82) is 0 Å². The first-order valence-electron chi connectivity index (χ1n) is 19.6. The van der Waals surface area contributed by atoms with E-state index in [4.69, 9.17) is 9.47 Å². The molecule has 274 valence electrons. The number of benzene rings is 2. The van der Waals surface area contributed by atoms with E-state index in [1.165, 1.54) is 101 Å². The van der Waals surface area contributed by atoms with Crippen LogP contribution in [0.4, 0.5) is 0 Å². The van der Waals surface area contributed by atoms with Gasteiger partial charge in [0.15, 0.2) is 0 Å². The van der Waals surface area contributed by atoms with Gasteiger partial charge in [0.25, 0.3) is 0 Å². The number of hydrogen-bond acceptors (Lipinski definition) is 6. The minimum absolute atomic E-state index is 0.452. The van der Waals surface area contributed by atoms with Crippen molar-refractivity contribution in [3.8, 4) is 11.5 Å². The lowest BCUT2D eigenvalue weighted by Crippen LogP contribution is -2.82. The van der Waals surface area contributed by atoms with Crippen molar-refractivity contribution in [2.45, 2.75) is 143 Å². The molecule has 2 aromatic carbocycles. The van der Waals surface area contributed by atoms with Crippen LogP contribution >= 0.6 is 0 Å². The molecule has 0 aliphatic heterocycles. The van der Waals surface area contributed by atoms with E-state index in [1.807, 2.05) is 21.8 Å². The zero-order valence-electron chi connectivity index (χ0n) is 31.0. The highest BCUT2D eigenvalue weighted by Crippen LogP contribution is 2.15. The third kappa shape index (κ3) is 16.3. The van der Waals surface area contributed by atoms with Crippen molar-refractivity contribution in [2.24, 2.45) is 0 Å². The van der Waals surface area contributed by atoms with E-state index >= 15 is 0 Å². The van der Waals surface area contributed by atoms with Crippen molar-refractivity contribution < 1.29 is 20.1 Å². The molecule has 2 aromatic heterocycles. The SMILES string of the molecule is CCCC[NH2+]Cc1ccc(OCc2cn(CCCCCCCCCCCCn3cc(COc4ccc(C[NH2+]CCCC)cc4)nn3)nn2)cc1. The quantitative estimate of drug-likeness (QED) is 0.0643. The molecular weight excluding hydrogens is 624 g/mol. The number of ether oxygens (including phenoxy) is 2. The van der Waals surface area contributed by atoms with Gasteiger partial charge in [-0.15, -0.1) is 10.2 Å². The van der Waals surface area contributed by atoms with E-state index in [2.05, 4.69) is 93.6 Å². The van der Waals surface area contributed by atoms with Crippen LogP contribution in [0.5, 0.6) is 11.5 Å². The van der Waals surface area contributed by atoms with Crippen LogP contribution in [-0.2, 0) is 39.4 Å². The number of nitrogens with two attached hydrogens (primary N) is 2. The first-order valence-corrected chi connectivity index (χ1v) is 19.6. The molecule has 10 heteroatoms. The monoisotopic (exact) mass is 689 g/mol. The van der Waals surface area contributed by atoms with Crippen LogP contribution in [0.2, 0.25) is 0 Å². The topological polar surface area (TPSA) is 113 Å². The fourth-order valence-corrected chi connectivity index (χ4v) is 5.98. The number of nitrogens with zero attached hydrogens (tertiary/aromatic N) is 6. The Kier molecular flexibility index (Phi) is 19.0. The van der Waals surface area contributed by atoms with Gasteiger partial charge in [-0.25, -0.2) is 0 Å². The summed E-state index contributed by atoms with van der Waals surface area (Å²) in [6, 6.07) is 16.8. The summed E-state index contributed by atoms with van der Waals surface area (Å²) in [4.78, 5) is 0. The molecule has 0 amide bonds. The molecule has 10 nitrogen and oxygen atoms in total. The Morgan fingerprint density at radius 1 is 0.500 bits per heavy atom. The zero-order valence-corrected chi connectivity index (χ0v) is 31.0. The Morgan fingerprint density at radius 3 is 1.26 bits per heavy atom. The summed E-state index contributed by atoms with van der Waals surface area (Å²) in [6.45, 7) is 11.6. The molecule has 0 fully saturated rings. The van der Waals surface area contributed by atoms with Crippen LogP contribution in [0.3, 0.4) is 0 Å². The van der Waals surface area contributed by atoms with Crippen molar-refractivity contribution in [3.63, 3.8) is 0 Å². The molecule has 0 aliphatic carbocycles. The van der Waals surface area contributed by atoms with Gasteiger partial charge in [0.2, 0.25) is 0 Å². The van der Waals surface area contributed by atoms with Gasteiger partial charge in [0.05, 0.1) is 25.5 Å². The fraction of sp³-hybridized carbons (Fsp3) is 0.600. The minimum atomic E-state index is 0.452. The van der Waals surface area contributed by atoms with Gasteiger partial charge in [-0.1, -0.05) is 88.5 Å². The van der Waals surface area contributed by atoms with Gasteiger partial charge in [-0.3, -0.25) is 9.36 Å². The molecule has 0 saturated carbocycles. The van der Waals surface area contributed by atoms with Crippen LogP contribution in [0.1, 0.15) is 126 Å². The average Bonchev–Trinajstić information content (AvgIpc) is 3.81. The summed E-state index contributed by atoms with van der Waals surface area (Å²) in [5.41, 5.74) is 4.41. The zero-order chi connectivity index (χ0) is 34.9. The smallest absolute Gasteiger partial charge is 0.134 e. The highest BCUT2D eigenvalue weighted by Gasteiger charge is 2.05. The summed E-state index contributed by atoms with van der Waals surface area (Å²) < 4.78 is 15.8. The van der Waals surface area contributed by atoms with E-state index < -0.39 is 0 Å². The number of aryl methyl sites for hydroxylation is 2. The molecular formula is C40H64N8O2+2. The maximum absolute atomic E-state index is 5.93. The van der Waals surface area contributed by atoms with Crippen LogP contribution in [0.25, 0.3) is 0 Å². The highest BCUT2D eigenvalue weighted by molar-refractivity contribution is 5.27. The van der Waals surface area contributed by atoms with Crippen LogP contribution in [0, 0.1) is 0 Å². The number of rotatable bonds is 29. The second kappa shape index (κ2) is 24.4. The molecule has 0 spiro atoms. The third-order valence-corrected chi connectivity index (χ3v) is 9.10. The second-order valence-corrected chi connectivity index (χ2v) is 13.6. The maximum atomic E-state index is 5.93. The second-order valence-electron chi connectivity index (χ2n) is 13.6. The minimum Gasteiger partial charge on any atom is -0.487 e. The van der Waals surface area contributed by atoms with Crippen LogP contribution in [0.15, 0.2) is 60.9 Å². The first-order chi connectivity index (χ1) is 24.7. The normalized spacial score (nSPS) is 11.3. The number of hydrogen-bond donors (Lipinski definition) is 2. The molecule has 0 radical (unpaired) electrons. The van der Waals surface area contributed by atoms with E-state index in [1.54, 1.807) is 0 Å². The Balaban J connectivity index is 0.935. The number of unbranched alkanes of at least 4 members (excludes halogenated alkanes) is 11. The molecule has 0 saturated heterocycles. The van der Waals surface area contributed by atoms with Gasteiger partial charge in [-0.2, -0.15) is 0 Å². The molecule has 0 bridgehead atoms. The predicted octanol–water partition coefficient (Wildman–Crippen LogP) is 6.36. The fourth-order valence-electron chi connectivity index (χ4n) is 5.98. The van der Waals surface area contributed by atoms with Gasteiger partial charge < -0.3 is 20.1 Å². The van der Waals surface area contributed by atoms with Gasteiger partial charge in [0.1, 0.15) is 49.2 Å². The maximum Gasteiger partial charge on any atom is 0.134 e. The Labute approximate surface area is 300 Å². The third-order valence-electron chi connectivity index (χ3n) is 9.10. The standard InChI is InChI=1S/C40H62N8O2/c1-3-5-25-41-29-35-17-21-39(22-18-35)49-33-37-31-47(45-43-37)27-15-13-11-9-7-8-10-12-14-16-28-48-32-38(44-46-48)34-50-40-23-19-36(20-24-40)30-42-26-6-4-2/h17-24,31-32,41-42H,3-16,25-30,33-34H2,1-2H3/p+2. The molecule has 50 heavy (non-hydrogen) atoms. The van der Waals surface area contributed by atoms with E-state index in [0.29, 0.717) is 13.2 Å². The lowest BCUT2D eigenvalue weighted by atomic mass is 10.1. The summed E-state index contributed by atoms with van der Waals surface area (Å²) in [7, 11) is 0. The van der Waals surface area contributed by atoms with E-state index in [-0.39, 0.29) is 0 Å². The summed E-state index contributed by atoms with van der Waals surface area (Å²) in [5.74, 6) is 1.76. The molecule has 2 heterocycles. The Bertz CT molecular complexity index is 1300. The summed E-state index contributed by atoms with van der Waals surface area (Å²) >= 11 is 0. The number of quaternary nitrogens is 2. The van der Waals surface area contributed by atoms with Crippen molar-refractivity contribution in [1.82, 2.24) is 30.0 Å². The van der Waals surface area contributed by atoms with Crippen molar-refractivity contribution >= 4 is 0 Å². The lowest BCUT2D eigenvalue weighted by Gasteiger charge is -2.05. The Morgan fingerprint density at radius 2 is 0.880 bits per heavy atom. The first kappa shape index (κ1) is 39.0. The molecule has 4 aromatic rings. The molecule has 4 rings (SSSR count). The van der Waals surface area contributed by atoms with Crippen LogP contribution in [-0.4, -0.2) is 43.1 Å². The van der Waals surface area contributed by atoms with Gasteiger partial charge >= 0.3 is 0 Å². The largest absolute Gasteiger partial charge is 0.487 e. The average molecular weight is 689 g/mol. The summed E-state index contributed by atoms with van der Waals surface area (Å²) in [6.07, 6.45) is 21.7. The van der Waals surface area contributed by atoms with E-state index in [9.17, 15) is 0 Å². The Hall–Kier alpha value is -3.76.